The van der Waals surface area contributed by atoms with E-state index in [-0.39, 0.29) is 41.5 Å². The van der Waals surface area contributed by atoms with Gasteiger partial charge in [0.05, 0.1) is 29.9 Å². The van der Waals surface area contributed by atoms with Gasteiger partial charge >= 0.3 is 5.97 Å². The number of nitro groups is 1. The number of carbonyl (C=O) groups is 2. The summed E-state index contributed by atoms with van der Waals surface area (Å²) < 4.78 is 16.1. The number of furan rings is 1. The van der Waals surface area contributed by atoms with Gasteiger partial charge in [0, 0.05) is 12.1 Å². The van der Waals surface area contributed by atoms with Gasteiger partial charge in [0.2, 0.25) is 0 Å². The topological polar surface area (TPSA) is 145 Å². The van der Waals surface area contributed by atoms with E-state index in [0.717, 1.165) is 0 Å². The second-order valence-corrected chi connectivity index (χ2v) is 6.76. The van der Waals surface area contributed by atoms with E-state index < -0.39 is 16.8 Å². The molecule has 10 nitrogen and oxygen atoms in total. The van der Waals surface area contributed by atoms with E-state index in [1.165, 1.54) is 48.7 Å². The Labute approximate surface area is 194 Å². The van der Waals surface area contributed by atoms with Crippen LogP contribution in [-0.4, -0.2) is 23.4 Å². The summed E-state index contributed by atoms with van der Waals surface area (Å²) in [5.41, 5.74) is 0.314. The van der Waals surface area contributed by atoms with Crippen molar-refractivity contribution in [3.63, 3.8) is 0 Å². The Hall–Kier alpha value is -4.91. The first-order chi connectivity index (χ1) is 16.4. The zero-order valence-corrected chi connectivity index (χ0v) is 18.0. The Morgan fingerprint density at radius 2 is 1.94 bits per heavy atom. The van der Waals surface area contributed by atoms with Crippen LogP contribution in [0.15, 0.2) is 70.9 Å². The molecule has 0 radical (unpaired) electrons. The smallest absolute Gasteiger partial charge is 0.343 e. The number of carbonyl (C=O) groups excluding carboxylic acids is 2. The Morgan fingerprint density at radius 1 is 1.18 bits per heavy atom. The number of nitrogens with one attached hydrogen (secondary N) is 1. The number of rotatable bonds is 9. The molecular weight excluding hydrogens is 442 g/mol. The van der Waals surface area contributed by atoms with Gasteiger partial charge in [-0.2, -0.15) is 5.26 Å². The summed E-state index contributed by atoms with van der Waals surface area (Å²) in [6, 6.07) is 14.8. The fourth-order valence-electron chi connectivity index (χ4n) is 2.84. The van der Waals surface area contributed by atoms with Gasteiger partial charge in [-0.1, -0.05) is 6.07 Å². The van der Waals surface area contributed by atoms with Crippen LogP contribution in [0.5, 0.6) is 11.5 Å². The highest BCUT2D eigenvalue weighted by Gasteiger charge is 2.16. The number of hydrogen-bond acceptors (Lipinski definition) is 8. The van der Waals surface area contributed by atoms with E-state index in [1.54, 1.807) is 25.1 Å². The predicted molar refractivity (Wildman–Crippen MR) is 120 cm³/mol. The number of esters is 1. The van der Waals surface area contributed by atoms with Crippen molar-refractivity contribution >= 4 is 23.6 Å². The monoisotopic (exact) mass is 461 g/mol. The molecule has 1 aromatic heterocycles. The van der Waals surface area contributed by atoms with Crippen LogP contribution in [0.2, 0.25) is 0 Å². The molecule has 0 saturated carbocycles. The summed E-state index contributed by atoms with van der Waals surface area (Å²) in [6.07, 6.45) is 2.86. The minimum atomic E-state index is -0.728. The van der Waals surface area contributed by atoms with Gasteiger partial charge in [-0.15, -0.1) is 0 Å². The van der Waals surface area contributed by atoms with Crippen molar-refractivity contribution in [3.05, 3.63) is 93.4 Å². The Morgan fingerprint density at radius 3 is 2.56 bits per heavy atom. The minimum Gasteiger partial charge on any atom is -0.490 e. The average Bonchev–Trinajstić information content (AvgIpc) is 3.36. The maximum absolute atomic E-state index is 12.5. The van der Waals surface area contributed by atoms with Gasteiger partial charge in [0.1, 0.15) is 17.4 Å². The molecule has 0 fully saturated rings. The second-order valence-electron chi connectivity index (χ2n) is 6.76. The minimum absolute atomic E-state index is 0.114. The number of non-ortho nitro benzene ring substituents is 1. The highest BCUT2D eigenvalue weighted by atomic mass is 16.6. The Balaban J connectivity index is 1.77. The Kier molecular flexibility index (Phi) is 7.75. The molecule has 0 aliphatic rings. The van der Waals surface area contributed by atoms with E-state index in [2.05, 4.69) is 5.32 Å². The lowest BCUT2D eigenvalue weighted by atomic mass is 10.1. The summed E-state index contributed by atoms with van der Waals surface area (Å²) in [4.78, 5) is 35.0. The molecule has 0 saturated heterocycles. The summed E-state index contributed by atoms with van der Waals surface area (Å²) in [7, 11) is 0. The first-order valence-corrected chi connectivity index (χ1v) is 10.1. The summed E-state index contributed by atoms with van der Waals surface area (Å²) >= 11 is 0. The molecule has 1 amide bonds. The fourth-order valence-corrected chi connectivity index (χ4v) is 2.84. The Bertz CT molecular complexity index is 1260. The van der Waals surface area contributed by atoms with E-state index in [0.29, 0.717) is 11.3 Å². The van der Waals surface area contributed by atoms with E-state index in [1.807, 2.05) is 6.07 Å². The van der Waals surface area contributed by atoms with Crippen LogP contribution >= 0.6 is 0 Å². The van der Waals surface area contributed by atoms with Crippen molar-refractivity contribution in [2.75, 3.05) is 6.61 Å². The lowest BCUT2D eigenvalue weighted by molar-refractivity contribution is -0.384. The molecular formula is C24H19N3O7. The largest absolute Gasteiger partial charge is 0.490 e. The van der Waals surface area contributed by atoms with Crippen molar-refractivity contribution in [2.45, 2.75) is 13.5 Å². The third-order valence-electron chi connectivity index (χ3n) is 4.46. The van der Waals surface area contributed by atoms with Crippen LogP contribution in [0.1, 0.15) is 28.6 Å². The number of nitro benzene ring substituents is 1. The molecule has 0 unspecified atom stereocenters. The second kappa shape index (κ2) is 11.1. The molecule has 3 aromatic rings. The van der Waals surface area contributed by atoms with E-state index in [9.17, 15) is 25.0 Å². The molecule has 172 valence electrons. The third kappa shape index (κ3) is 6.08. The van der Waals surface area contributed by atoms with Crippen LogP contribution in [0.25, 0.3) is 6.08 Å². The number of ether oxygens (including phenoxy) is 2. The molecule has 1 heterocycles. The molecule has 10 heteroatoms. The average molecular weight is 461 g/mol. The number of amides is 1. The van der Waals surface area contributed by atoms with Gasteiger partial charge < -0.3 is 19.2 Å². The fraction of sp³-hybridized carbons (Fsp3) is 0.125. The zero-order chi connectivity index (χ0) is 24.5. The van der Waals surface area contributed by atoms with Crippen molar-refractivity contribution in [1.82, 2.24) is 5.32 Å². The van der Waals surface area contributed by atoms with Gasteiger partial charge in [-0.05, 0) is 55.0 Å². The third-order valence-corrected chi connectivity index (χ3v) is 4.46. The molecule has 0 bridgehead atoms. The van der Waals surface area contributed by atoms with Gasteiger partial charge in [-0.25, -0.2) is 4.79 Å². The molecule has 34 heavy (non-hydrogen) atoms. The number of hydrogen-bond donors (Lipinski definition) is 1. The van der Waals surface area contributed by atoms with E-state index >= 15 is 0 Å². The first-order valence-electron chi connectivity index (χ1n) is 10.1. The predicted octanol–water partition coefficient (Wildman–Crippen LogP) is 4.03. The van der Waals surface area contributed by atoms with Crippen molar-refractivity contribution in [1.29, 1.82) is 5.26 Å². The van der Waals surface area contributed by atoms with Crippen molar-refractivity contribution < 1.29 is 28.4 Å². The van der Waals surface area contributed by atoms with Crippen LogP contribution in [0.4, 0.5) is 5.69 Å². The highest BCUT2D eigenvalue weighted by Crippen LogP contribution is 2.30. The molecule has 0 aliphatic carbocycles. The highest BCUT2D eigenvalue weighted by molar-refractivity contribution is 6.01. The maximum atomic E-state index is 12.5. The van der Waals surface area contributed by atoms with Crippen molar-refractivity contribution in [3.8, 4) is 17.6 Å². The number of benzene rings is 2. The van der Waals surface area contributed by atoms with Crippen LogP contribution in [0, 0.1) is 21.4 Å². The molecule has 0 spiro atoms. The molecule has 0 atom stereocenters. The van der Waals surface area contributed by atoms with Gasteiger partial charge in [0.25, 0.3) is 11.6 Å². The maximum Gasteiger partial charge on any atom is 0.343 e. The molecule has 0 aliphatic heterocycles. The number of nitriles is 1. The lowest BCUT2D eigenvalue weighted by Gasteiger charge is -2.11. The zero-order valence-electron chi connectivity index (χ0n) is 18.0. The van der Waals surface area contributed by atoms with Crippen LogP contribution < -0.4 is 14.8 Å². The first kappa shape index (κ1) is 23.7. The molecule has 1 N–H and O–H groups in total. The molecule has 3 rings (SSSR count). The standard InChI is InChI=1S/C24H19N3O7/c1-2-32-22-13-16(12-18(14-25)23(28)26-15-20-4-3-11-33-20)5-10-21(22)34-24(29)17-6-8-19(9-7-17)27(30)31/h3-13H,2,15H2,1H3,(H,26,28)/b18-12+. The lowest BCUT2D eigenvalue weighted by Crippen LogP contribution is -2.23. The molecule has 2 aromatic carbocycles. The van der Waals surface area contributed by atoms with Gasteiger partial charge in [0.15, 0.2) is 11.5 Å². The quantitative estimate of drug-likeness (QED) is 0.126. The normalized spacial score (nSPS) is 10.8. The number of nitrogens with zero attached hydrogens (tertiary/aromatic N) is 2. The van der Waals surface area contributed by atoms with Crippen molar-refractivity contribution in [2.24, 2.45) is 0 Å². The summed E-state index contributed by atoms with van der Waals surface area (Å²) in [5.74, 6) is -0.425. The summed E-state index contributed by atoms with van der Waals surface area (Å²) in [6.45, 7) is 2.14. The SMILES string of the molecule is CCOc1cc(/C=C(\C#N)C(=O)NCc2ccco2)ccc1OC(=O)c1ccc([N+](=O)[O-])cc1. The van der Waals surface area contributed by atoms with Crippen LogP contribution in [0.3, 0.4) is 0 Å². The van der Waals surface area contributed by atoms with Gasteiger partial charge in [-0.3, -0.25) is 14.9 Å². The van der Waals surface area contributed by atoms with E-state index in [4.69, 9.17) is 13.9 Å². The van der Waals surface area contributed by atoms with Crippen LogP contribution in [-0.2, 0) is 11.3 Å². The summed E-state index contributed by atoms with van der Waals surface area (Å²) in [5, 5.41) is 22.8.